The number of hydrogen-bond acceptors (Lipinski definition) is 4. The first kappa shape index (κ1) is 15.8. The lowest BCUT2D eigenvalue weighted by Gasteiger charge is -2.33. The molecule has 1 saturated carbocycles. The summed E-state index contributed by atoms with van der Waals surface area (Å²) in [5.41, 5.74) is 0. The molecule has 1 N–H and O–H groups in total. The van der Waals surface area contributed by atoms with Crippen molar-refractivity contribution in [1.82, 2.24) is 10.2 Å². The summed E-state index contributed by atoms with van der Waals surface area (Å²) in [4.78, 5) is 37.0. The van der Waals surface area contributed by atoms with Crippen molar-refractivity contribution in [3.8, 4) is 0 Å². The van der Waals surface area contributed by atoms with Gasteiger partial charge in [-0.3, -0.25) is 9.59 Å². The van der Waals surface area contributed by atoms with Crippen LogP contribution in [-0.4, -0.2) is 48.9 Å². The minimum atomic E-state index is -0.506. The lowest BCUT2D eigenvalue weighted by atomic mass is 9.83. The fourth-order valence-corrected chi connectivity index (χ4v) is 3.54. The van der Waals surface area contributed by atoms with Gasteiger partial charge in [0.2, 0.25) is 12.3 Å². The van der Waals surface area contributed by atoms with Crippen molar-refractivity contribution in [2.75, 3.05) is 13.7 Å². The topological polar surface area (TPSA) is 75.7 Å². The normalized spacial score (nSPS) is 24.4. The molecule has 2 fully saturated rings. The highest BCUT2D eigenvalue weighted by Gasteiger charge is 2.40. The molecule has 0 spiro atoms. The standard InChI is InChI=1S/C15H24N2O4/c1-21-15(20)12-8-5-9-17(12)14(19)13(16-10-18)11-6-3-2-4-7-11/h10-13H,2-9H2,1H3,(H,16,18)/t12?,13-/m0/s1. The van der Waals surface area contributed by atoms with E-state index in [-0.39, 0.29) is 17.8 Å². The van der Waals surface area contributed by atoms with E-state index in [1.54, 1.807) is 4.90 Å². The predicted octanol–water partition coefficient (Wildman–Crippen LogP) is 0.845. The van der Waals surface area contributed by atoms with Crippen LogP contribution in [0, 0.1) is 5.92 Å². The molecule has 1 unspecified atom stereocenters. The Labute approximate surface area is 125 Å². The molecule has 2 rings (SSSR count). The predicted molar refractivity (Wildman–Crippen MR) is 76.3 cm³/mol. The molecule has 1 saturated heterocycles. The van der Waals surface area contributed by atoms with Gasteiger partial charge in [-0.15, -0.1) is 0 Å². The molecule has 0 aromatic carbocycles. The van der Waals surface area contributed by atoms with Crippen molar-refractivity contribution in [3.05, 3.63) is 0 Å². The van der Waals surface area contributed by atoms with Gasteiger partial charge in [0.15, 0.2) is 0 Å². The molecule has 0 radical (unpaired) electrons. The highest BCUT2D eigenvalue weighted by atomic mass is 16.5. The number of rotatable bonds is 5. The summed E-state index contributed by atoms with van der Waals surface area (Å²) in [6.07, 6.45) is 7.31. The quantitative estimate of drug-likeness (QED) is 0.603. The number of nitrogens with zero attached hydrogens (tertiary/aromatic N) is 1. The Hall–Kier alpha value is -1.59. The van der Waals surface area contributed by atoms with E-state index in [1.165, 1.54) is 13.5 Å². The number of nitrogens with one attached hydrogen (secondary N) is 1. The molecule has 1 aliphatic heterocycles. The lowest BCUT2D eigenvalue weighted by Crippen LogP contribution is -2.53. The summed E-state index contributed by atoms with van der Waals surface area (Å²) in [6.45, 7) is 0.558. The number of esters is 1. The Bertz CT molecular complexity index is 393. The van der Waals surface area contributed by atoms with Crippen molar-refractivity contribution in [2.24, 2.45) is 5.92 Å². The molecule has 0 aromatic heterocycles. The maximum absolute atomic E-state index is 12.8. The molecule has 0 aromatic rings. The number of likely N-dealkylation sites (tertiary alicyclic amines) is 1. The van der Waals surface area contributed by atoms with E-state index in [4.69, 9.17) is 4.74 Å². The van der Waals surface area contributed by atoms with Gasteiger partial charge in [0.05, 0.1) is 7.11 Å². The van der Waals surface area contributed by atoms with Gasteiger partial charge in [0.25, 0.3) is 0 Å². The van der Waals surface area contributed by atoms with Crippen LogP contribution in [0.3, 0.4) is 0 Å². The third-order valence-electron chi connectivity index (χ3n) is 4.64. The van der Waals surface area contributed by atoms with E-state index in [2.05, 4.69) is 5.32 Å². The average Bonchev–Trinajstić information content (AvgIpc) is 3.01. The molecule has 0 bridgehead atoms. The molecular formula is C15H24N2O4. The van der Waals surface area contributed by atoms with Crippen LogP contribution in [0.15, 0.2) is 0 Å². The summed E-state index contributed by atoms with van der Waals surface area (Å²) in [7, 11) is 1.34. The van der Waals surface area contributed by atoms with E-state index in [0.717, 1.165) is 32.1 Å². The Balaban J connectivity index is 2.09. The van der Waals surface area contributed by atoms with E-state index < -0.39 is 12.1 Å². The molecule has 2 amide bonds. The summed E-state index contributed by atoms with van der Waals surface area (Å²) in [5.74, 6) is -0.327. The van der Waals surface area contributed by atoms with Gasteiger partial charge in [0.1, 0.15) is 12.1 Å². The Morgan fingerprint density at radius 2 is 1.90 bits per heavy atom. The van der Waals surface area contributed by atoms with Crippen LogP contribution in [0.2, 0.25) is 0 Å². The van der Waals surface area contributed by atoms with Crippen LogP contribution in [-0.2, 0) is 19.1 Å². The SMILES string of the molecule is COC(=O)C1CCCN1C(=O)[C@@H](NC=O)C1CCCCC1. The van der Waals surface area contributed by atoms with Gasteiger partial charge in [-0.2, -0.15) is 0 Å². The third-order valence-corrected chi connectivity index (χ3v) is 4.64. The molecule has 2 atom stereocenters. The zero-order valence-corrected chi connectivity index (χ0v) is 12.5. The van der Waals surface area contributed by atoms with Crippen LogP contribution in [0.1, 0.15) is 44.9 Å². The number of ether oxygens (including phenoxy) is 1. The van der Waals surface area contributed by atoms with Crippen LogP contribution in [0.25, 0.3) is 0 Å². The summed E-state index contributed by atoms with van der Waals surface area (Å²) >= 11 is 0. The van der Waals surface area contributed by atoms with Gasteiger partial charge in [0, 0.05) is 6.54 Å². The van der Waals surface area contributed by atoms with Crippen molar-refractivity contribution in [3.63, 3.8) is 0 Å². The van der Waals surface area contributed by atoms with Crippen molar-refractivity contribution < 1.29 is 19.1 Å². The van der Waals surface area contributed by atoms with Gasteiger partial charge in [-0.05, 0) is 31.6 Å². The zero-order chi connectivity index (χ0) is 15.2. The van der Waals surface area contributed by atoms with E-state index >= 15 is 0 Å². The second kappa shape index (κ2) is 7.43. The van der Waals surface area contributed by atoms with Crippen molar-refractivity contribution in [1.29, 1.82) is 0 Å². The van der Waals surface area contributed by atoms with Crippen molar-refractivity contribution >= 4 is 18.3 Å². The van der Waals surface area contributed by atoms with Gasteiger partial charge < -0.3 is 15.0 Å². The van der Waals surface area contributed by atoms with Gasteiger partial charge in [-0.25, -0.2) is 4.79 Å². The molecule has 21 heavy (non-hydrogen) atoms. The van der Waals surface area contributed by atoms with E-state index in [1.807, 2.05) is 0 Å². The second-order valence-electron chi connectivity index (χ2n) is 5.87. The molecule has 1 aliphatic carbocycles. The number of carbonyl (C=O) groups is 3. The van der Waals surface area contributed by atoms with Crippen LogP contribution < -0.4 is 5.32 Å². The maximum atomic E-state index is 12.8. The maximum Gasteiger partial charge on any atom is 0.328 e. The summed E-state index contributed by atoms with van der Waals surface area (Å²) in [6, 6.07) is -1.00. The van der Waals surface area contributed by atoms with E-state index in [0.29, 0.717) is 19.4 Å². The molecule has 118 valence electrons. The van der Waals surface area contributed by atoms with Crippen LogP contribution >= 0.6 is 0 Å². The number of amides is 2. The third kappa shape index (κ3) is 3.54. The minimum absolute atomic E-state index is 0.137. The fourth-order valence-electron chi connectivity index (χ4n) is 3.54. The van der Waals surface area contributed by atoms with Crippen LogP contribution in [0.4, 0.5) is 0 Å². The summed E-state index contributed by atoms with van der Waals surface area (Å²) in [5, 5.41) is 2.68. The average molecular weight is 296 g/mol. The molecule has 6 heteroatoms. The van der Waals surface area contributed by atoms with Crippen molar-refractivity contribution in [2.45, 2.75) is 57.0 Å². The minimum Gasteiger partial charge on any atom is -0.467 e. The number of hydrogen-bond donors (Lipinski definition) is 1. The Morgan fingerprint density at radius 3 is 2.52 bits per heavy atom. The summed E-state index contributed by atoms with van der Waals surface area (Å²) < 4.78 is 4.78. The van der Waals surface area contributed by atoms with E-state index in [9.17, 15) is 14.4 Å². The first-order valence-electron chi connectivity index (χ1n) is 7.77. The van der Waals surface area contributed by atoms with Gasteiger partial charge in [-0.1, -0.05) is 19.3 Å². The smallest absolute Gasteiger partial charge is 0.328 e. The highest BCUT2D eigenvalue weighted by molar-refractivity contribution is 5.89. The van der Waals surface area contributed by atoms with Crippen LogP contribution in [0.5, 0.6) is 0 Å². The Morgan fingerprint density at radius 1 is 1.19 bits per heavy atom. The largest absolute Gasteiger partial charge is 0.467 e. The molecule has 6 nitrogen and oxygen atoms in total. The molecular weight excluding hydrogens is 272 g/mol. The Kier molecular flexibility index (Phi) is 5.59. The fraction of sp³-hybridized carbons (Fsp3) is 0.800. The first-order valence-corrected chi connectivity index (χ1v) is 7.77. The monoisotopic (exact) mass is 296 g/mol. The zero-order valence-electron chi connectivity index (χ0n) is 12.5. The number of carbonyl (C=O) groups excluding carboxylic acids is 3. The highest BCUT2D eigenvalue weighted by Crippen LogP contribution is 2.29. The molecule has 1 heterocycles. The number of methoxy groups -OCH3 is 1. The molecule has 2 aliphatic rings. The first-order chi connectivity index (χ1) is 10.2. The van der Waals surface area contributed by atoms with Gasteiger partial charge >= 0.3 is 5.97 Å². The lowest BCUT2D eigenvalue weighted by molar-refractivity contribution is -0.152. The second-order valence-corrected chi connectivity index (χ2v) is 5.87.